The molecule has 14 nitrogen and oxygen atoms in total. The topological polar surface area (TPSA) is 164 Å². The molecule has 1 amide bonds. The highest BCUT2D eigenvalue weighted by Crippen LogP contribution is 2.68. The molecule has 3 aromatic carbocycles. The summed E-state index contributed by atoms with van der Waals surface area (Å²) in [6, 6.07) is 8.47. The fraction of sp³-hybridized carbons (Fsp3) is 0.390. The average molecular weight is 931 g/mol. The number of rotatable bonds is 11. The first-order valence-electron chi connectivity index (χ1n) is 19.9. The van der Waals surface area contributed by atoms with E-state index in [0.29, 0.717) is 16.2 Å². The van der Waals surface area contributed by atoms with Crippen molar-refractivity contribution in [2.75, 3.05) is 11.0 Å². The minimum atomic E-state index is -3.92. The Kier molecular flexibility index (Phi) is 10.1. The van der Waals surface area contributed by atoms with Gasteiger partial charge < -0.3 is 14.6 Å². The van der Waals surface area contributed by atoms with Gasteiger partial charge in [-0.3, -0.25) is 28.2 Å². The number of aromatic nitrogens is 6. The van der Waals surface area contributed by atoms with Crippen LogP contribution in [0.4, 0.5) is 32.2 Å². The molecule has 3 aromatic heterocycles. The fourth-order valence-corrected chi connectivity index (χ4v) is 9.46. The number of hydrogen-bond acceptors (Lipinski definition) is 9. The number of aryl methyl sites for hydroxylation is 1. The molecule has 0 bridgehead atoms. The lowest BCUT2D eigenvalue weighted by Gasteiger charge is -2.32. The maximum absolute atomic E-state index is 15.6. The van der Waals surface area contributed by atoms with Crippen molar-refractivity contribution < 1.29 is 48.9 Å². The van der Waals surface area contributed by atoms with Gasteiger partial charge in [0.15, 0.2) is 5.82 Å². The Labute approximate surface area is 366 Å². The van der Waals surface area contributed by atoms with Gasteiger partial charge in [-0.1, -0.05) is 17.7 Å². The smallest absolute Gasteiger partial charge is 0.399 e. The first-order chi connectivity index (χ1) is 29.8. The van der Waals surface area contributed by atoms with Gasteiger partial charge in [0.1, 0.15) is 35.4 Å². The second-order valence-corrected chi connectivity index (χ2v) is 19.5. The molecule has 9 rings (SSSR count). The number of fused-ring (bicyclic) bond motifs is 5. The van der Waals surface area contributed by atoms with Gasteiger partial charge in [0.2, 0.25) is 15.9 Å². The van der Waals surface area contributed by atoms with Crippen LogP contribution in [-0.2, 0) is 50.1 Å². The molecule has 336 valence electrons. The van der Waals surface area contributed by atoms with Gasteiger partial charge in [-0.25, -0.2) is 31.0 Å². The van der Waals surface area contributed by atoms with Crippen LogP contribution in [0.2, 0.25) is 5.02 Å². The maximum atomic E-state index is 15.6. The lowest BCUT2D eigenvalue weighted by Crippen LogP contribution is -2.41. The minimum Gasteiger partial charge on any atom is -0.399 e. The van der Waals surface area contributed by atoms with Crippen molar-refractivity contribution in [3.05, 3.63) is 104 Å². The summed E-state index contributed by atoms with van der Waals surface area (Å²) < 4.78 is 132. The van der Waals surface area contributed by atoms with Gasteiger partial charge in [0, 0.05) is 31.0 Å². The van der Waals surface area contributed by atoms with Crippen LogP contribution in [0.15, 0.2) is 53.3 Å². The minimum absolute atomic E-state index is 0.00822. The summed E-state index contributed by atoms with van der Waals surface area (Å²) in [5, 5.41) is 10.9. The van der Waals surface area contributed by atoms with E-state index in [2.05, 4.69) is 20.2 Å². The first-order valence-corrected chi connectivity index (χ1v) is 22.2. The van der Waals surface area contributed by atoms with Crippen LogP contribution in [0.25, 0.3) is 27.5 Å². The predicted molar refractivity (Wildman–Crippen MR) is 224 cm³/mol. The van der Waals surface area contributed by atoms with E-state index in [1.165, 1.54) is 36.0 Å². The normalized spacial score (nSPS) is 19.9. The summed E-state index contributed by atoms with van der Waals surface area (Å²) in [7, 11) is -3.39. The molecule has 1 aliphatic heterocycles. The summed E-state index contributed by atoms with van der Waals surface area (Å²) >= 11 is 6.65. The lowest BCUT2D eigenvalue weighted by molar-refractivity contribution is -0.123. The number of anilines is 1. The van der Waals surface area contributed by atoms with Crippen molar-refractivity contribution in [3.8, 4) is 5.69 Å². The molecule has 4 heterocycles. The van der Waals surface area contributed by atoms with E-state index in [9.17, 15) is 30.8 Å². The Bertz CT molecular complexity index is 3110. The molecule has 1 saturated heterocycles. The van der Waals surface area contributed by atoms with Crippen molar-refractivity contribution in [1.82, 2.24) is 34.4 Å². The molecule has 0 spiro atoms. The molecule has 3 aliphatic rings. The molecule has 2 fully saturated rings. The highest BCUT2D eigenvalue weighted by atomic mass is 35.5. The Hall–Kier alpha value is -5.45. The molecule has 23 heteroatoms. The molecule has 0 radical (unpaired) electrons. The van der Waals surface area contributed by atoms with Gasteiger partial charge in [-0.05, 0) is 87.5 Å². The summed E-state index contributed by atoms with van der Waals surface area (Å²) in [5.74, 6) is -9.08. The number of nitrogens with one attached hydrogen (secondary N) is 2. The van der Waals surface area contributed by atoms with Crippen molar-refractivity contribution in [3.63, 3.8) is 0 Å². The van der Waals surface area contributed by atoms with E-state index in [1.807, 2.05) is 27.7 Å². The van der Waals surface area contributed by atoms with E-state index >= 15 is 13.6 Å². The van der Waals surface area contributed by atoms with Crippen molar-refractivity contribution in [2.24, 2.45) is 13.0 Å². The SMILES string of the molecule is Cn1nc(NS(C)(=O)=O)c2c(Cl)ccc(-n3c([C@H](Cc4cc(F)cc(F)c4)NC(=O)Cn4nc(C(F)F)c5c4C(F)(F)[C@@H]4C[C@H]54)nc4cc(B5OC(C)(C)C(C)(C)O5)ccc4c3=O)c21. The van der Waals surface area contributed by atoms with E-state index < -0.39 is 106 Å². The van der Waals surface area contributed by atoms with Crippen LogP contribution in [0.5, 0.6) is 0 Å². The van der Waals surface area contributed by atoms with E-state index in [0.717, 1.165) is 23.0 Å². The Morgan fingerprint density at radius 1 is 1.02 bits per heavy atom. The predicted octanol–water partition coefficient (Wildman–Crippen LogP) is 6.32. The zero-order valence-electron chi connectivity index (χ0n) is 34.8. The van der Waals surface area contributed by atoms with Gasteiger partial charge in [0.05, 0.1) is 56.0 Å². The standard InChI is InChI=1S/C41H38BClF6N8O6S/c1-39(2)40(3,4)63-42(62-39)19-7-8-22-26(14-19)51-37(57(38(22)59)28-10-9-25(43)31-33(28)55(5)53-36(31)54-64(6,60)61)27(13-18-11-20(44)15-21(45)12-18)50-29(58)17-56-34-30(32(52-56)35(46)47)23-16-24(23)41(34,48)49/h7-12,14-15,23-24,27,35H,13,16-17H2,1-6H3,(H,50,58)(H,53,54)/t23-,24+,27-/m0/s1. The zero-order chi connectivity index (χ0) is 46.2. The number of halogens is 7. The van der Waals surface area contributed by atoms with Crippen LogP contribution < -0.4 is 21.1 Å². The largest absolute Gasteiger partial charge is 0.494 e. The van der Waals surface area contributed by atoms with Crippen LogP contribution in [-0.4, -0.2) is 68.0 Å². The first kappa shape index (κ1) is 43.8. The molecule has 3 atom stereocenters. The van der Waals surface area contributed by atoms with Crippen LogP contribution >= 0.6 is 11.6 Å². The van der Waals surface area contributed by atoms with E-state index in [4.69, 9.17) is 25.9 Å². The number of hydrogen-bond donors (Lipinski definition) is 2. The number of sulfonamides is 1. The average Bonchev–Trinajstić information content (AvgIpc) is 3.62. The van der Waals surface area contributed by atoms with Crippen LogP contribution in [0.3, 0.4) is 0 Å². The Balaban J connectivity index is 1.25. The molecule has 64 heavy (non-hydrogen) atoms. The van der Waals surface area contributed by atoms with Gasteiger partial charge in [0.25, 0.3) is 17.9 Å². The summed E-state index contributed by atoms with van der Waals surface area (Å²) in [6.45, 7) is 6.41. The highest BCUT2D eigenvalue weighted by molar-refractivity contribution is 7.92. The number of amides is 1. The number of alkyl halides is 4. The van der Waals surface area contributed by atoms with Gasteiger partial charge in [-0.2, -0.15) is 19.0 Å². The molecule has 2 N–H and O–H groups in total. The summed E-state index contributed by atoms with van der Waals surface area (Å²) in [5.41, 5.74) is -3.63. The molecular formula is C41H38BClF6N8O6S. The van der Waals surface area contributed by atoms with Crippen molar-refractivity contribution >= 4 is 67.7 Å². The quantitative estimate of drug-likeness (QED) is 0.112. The molecule has 6 aromatic rings. The van der Waals surface area contributed by atoms with Crippen molar-refractivity contribution in [1.29, 1.82) is 0 Å². The number of nitrogens with zero attached hydrogens (tertiary/aromatic N) is 6. The second kappa shape index (κ2) is 14.8. The summed E-state index contributed by atoms with van der Waals surface area (Å²) in [4.78, 5) is 34.2. The molecular weight excluding hydrogens is 893 g/mol. The third kappa shape index (κ3) is 7.31. The monoisotopic (exact) mass is 930 g/mol. The molecule has 2 aliphatic carbocycles. The maximum Gasteiger partial charge on any atom is 0.494 e. The van der Waals surface area contributed by atoms with Gasteiger partial charge in [-0.15, -0.1) is 0 Å². The number of carbonyl (C=O) groups excluding carboxylic acids is 1. The third-order valence-corrected chi connectivity index (χ3v) is 13.2. The number of carbonyl (C=O) groups is 1. The second-order valence-electron chi connectivity index (χ2n) is 17.4. The third-order valence-electron chi connectivity index (χ3n) is 12.4. The fourth-order valence-electron chi connectivity index (χ4n) is 8.72. The zero-order valence-corrected chi connectivity index (χ0v) is 36.4. The van der Waals surface area contributed by atoms with Crippen molar-refractivity contribution in [2.45, 2.75) is 82.6 Å². The van der Waals surface area contributed by atoms with E-state index in [1.54, 1.807) is 6.07 Å². The highest BCUT2D eigenvalue weighted by Gasteiger charge is 2.67. The van der Waals surface area contributed by atoms with Gasteiger partial charge >= 0.3 is 7.12 Å². The number of benzene rings is 3. The molecule has 1 saturated carbocycles. The molecule has 0 unspecified atom stereocenters. The summed E-state index contributed by atoms with van der Waals surface area (Å²) in [6.07, 6.45) is -2.79. The van der Waals surface area contributed by atoms with Crippen LogP contribution in [0.1, 0.15) is 80.8 Å². The Morgan fingerprint density at radius 3 is 2.33 bits per heavy atom. The lowest BCUT2D eigenvalue weighted by atomic mass is 9.79. The Morgan fingerprint density at radius 2 is 1.69 bits per heavy atom. The van der Waals surface area contributed by atoms with E-state index in [-0.39, 0.29) is 61.7 Å². The van der Waals surface area contributed by atoms with Crippen LogP contribution in [0, 0.1) is 17.6 Å².